The van der Waals surface area contributed by atoms with Crippen molar-refractivity contribution in [1.29, 1.82) is 0 Å². The van der Waals surface area contributed by atoms with E-state index >= 15 is 0 Å². The number of nitro groups is 1. The number of non-ortho nitro benzene ring substituents is 1. The summed E-state index contributed by atoms with van der Waals surface area (Å²) in [7, 11) is 0. The number of nitrogens with one attached hydrogen (secondary N) is 1. The van der Waals surface area contributed by atoms with Crippen molar-refractivity contribution >= 4 is 29.1 Å². The quantitative estimate of drug-likeness (QED) is 0.376. The lowest BCUT2D eigenvalue weighted by atomic mass is 9.63. The van der Waals surface area contributed by atoms with E-state index in [4.69, 9.17) is 0 Å². The first-order valence-electron chi connectivity index (χ1n) is 9.03. The molecule has 1 aliphatic heterocycles. The fraction of sp³-hybridized carbons (Fsp3) is 0.421. The summed E-state index contributed by atoms with van der Waals surface area (Å²) in [6, 6.07) is 5.40. The smallest absolute Gasteiger partial charge is 0.269 e. The standard InChI is InChI=1S/C19H17N3O5/c23-15(20-9-1-3-10(4-2-9)22(26)27)8-21-18(24)16-11-5-6-12(14-7-13(11)14)17(16)19(21)25/h1-6,11-14,16-17H,7-8H2,(H,20,23)/t11-,12-,13-,14-,16+,17+/m1/s1. The Hall–Kier alpha value is -3.03. The van der Waals surface area contributed by atoms with Crippen LogP contribution in [0.5, 0.6) is 0 Å². The Labute approximate surface area is 154 Å². The molecule has 0 radical (unpaired) electrons. The Morgan fingerprint density at radius 1 is 1.07 bits per heavy atom. The molecule has 0 unspecified atom stereocenters. The van der Waals surface area contributed by atoms with Gasteiger partial charge in [0.05, 0.1) is 16.8 Å². The minimum atomic E-state index is -0.526. The number of benzene rings is 1. The molecule has 6 atom stereocenters. The number of carbonyl (C=O) groups excluding carboxylic acids is 3. The molecule has 27 heavy (non-hydrogen) atoms. The van der Waals surface area contributed by atoms with Crippen molar-refractivity contribution in [2.75, 3.05) is 11.9 Å². The highest BCUT2D eigenvalue weighted by Crippen LogP contribution is 2.65. The molecule has 3 fully saturated rings. The summed E-state index contributed by atoms with van der Waals surface area (Å²) in [5.74, 6) is -0.309. The van der Waals surface area contributed by atoms with Crippen molar-refractivity contribution < 1.29 is 19.3 Å². The highest BCUT2D eigenvalue weighted by atomic mass is 16.6. The number of amides is 3. The van der Waals surface area contributed by atoms with Gasteiger partial charge in [-0.3, -0.25) is 29.4 Å². The van der Waals surface area contributed by atoms with Crippen LogP contribution in [-0.2, 0) is 14.4 Å². The molecule has 1 aromatic rings. The maximum absolute atomic E-state index is 12.8. The minimum absolute atomic E-state index is 0.0801. The molecule has 8 nitrogen and oxygen atoms in total. The molecule has 6 rings (SSSR count). The van der Waals surface area contributed by atoms with E-state index in [1.807, 2.05) is 0 Å². The molecule has 8 heteroatoms. The zero-order chi connectivity index (χ0) is 18.9. The SMILES string of the molecule is O=C(CN1C(=O)[C@H]2[C@@H]3C=C[C@H]([C@H]4C[C@H]34)[C@@H]2C1=O)Nc1ccc([N+](=O)[O-])cc1. The van der Waals surface area contributed by atoms with Crippen molar-refractivity contribution in [3.63, 3.8) is 0 Å². The normalized spacial score (nSPS) is 35.0. The summed E-state index contributed by atoms with van der Waals surface area (Å²) in [6.07, 6.45) is 5.27. The minimum Gasteiger partial charge on any atom is -0.325 e. The predicted octanol–water partition coefficient (Wildman–Crippen LogP) is 1.59. The number of nitrogens with zero attached hydrogens (tertiary/aromatic N) is 2. The van der Waals surface area contributed by atoms with Gasteiger partial charge in [-0.2, -0.15) is 0 Å². The van der Waals surface area contributed by atoms with E-state index in [0.29, 0.717) is 17.5 Å². The number of rotatable bonds is 4. The van der Waals surface area contributed by atoms with Crippen molar-refractivity contribution in [2.24, 2.45) is 35.5 Å². The van der Waals surface area contributed by atoms with Crippen molar-refractivity contribution in [3.05, 3.63) is 46.5 Å². The van der Waals surface area contributed by atoms with E-state index in [1.165, 1.54) is 24.3 Å². The Kier molecular flexibility index (Phi) is 3.28. The van der Waals surface area contributed by atoms with Gasteiger partial charge in [-0.25, -0.2) is 0 Å². The van der Waals surface area contributed by atoms with Crippen molar-refractivity contribution in [3.8, 4) is 0 Å². The van der Waals surface area contributed by atoms with E-state index in [-0.39, 0.29) is 47.7 Å². The van der Waals surface area contributed by atoms with E-state index in [2.05, 4.69) is 17.5 Å². The first-order chi connectivity index (χ1) is 13.0. The lowest BCUT2D eigenvalue weighted by molar-refractivity contribution is -0.384. The average molecular weight is 367 g/mol. The van der Waals surface area contributed by atoms with Crippen LogP contribution in [0.2, 0.25) is 0 Å². The molecule has 2 saturated carbocycles. The monoisotopic (exact) mass is 367 g/mol. The lowest BCUT2D eigenvalue weighted by Gasteiger charge is -2.37. The van der Waals surface area contributed by atoms with Crippen LogP contribution in [0.15, 0.2) is 36.4 Å². The summed E-state index contributed by atoms with van der Waals surface area (Å²) in [5, 5.41) is 13.3. The largest absolute Gasteiger partial charge is 0.325 e. The molecular formula is C19H17N3O5. The van der Waals surface area contributed by atoms with Gasteiger partial charge >= 0.3 is 0 Å². The van der Waals surface area contributed by atoms with Gasteiger partial charge in [0.25, 0.3) is 5.69 Å². The van der Waals surface area contributed by atoms with Crippen LogP contribution in [0.25, 0.3) is 0 Å². The maximum Gasteiger partial charge on any atom is 0.269 e. The Bertz CT molecular complexity index is 872. The number of hydrogen-bond acceptors (Lipinski definition) is 5. The second kappa shape index (κ2) is 5.48. The summed E-state index contributed by atoms with van der Waals surface area (Å²) in [6.45, 7) is -0.323. The molecule has 2 bridgehead atoms. The number of carbonyl (C=O) groups is 3. The number of nitro benzene ring substituents is 1. The van der Waals surface area contributed by atoms with Gasteiger partial charge in [-0.15, -0.1) is 0 Å². The third kappa shape index (κ3) is 2.32. The van der Waals surface area contributed by atoms with Crippen LogP contribution in [0.4, 0.5) is 11.4 Å². The first-order valence-corrected chi connectivity index (χ1v) is 9.03. The van der Waals surface area contributed by atoms with Crippen LogP contribution < -0.4 is 5.32 Å². The number of hydrogen-bond donors (Lipinski definition) is 1. The molecule has 3 amide bonds. The zero-order valence-corrected chi connectivity index (χ0v) is 14.3. The topological polar surface area (TPSA) is 110 Å². The Morgan fingerprint density at radius 2 is 1.63 bits per heavy atom. The summed E-state index contributed by atoms with van der Waals surface area (Å²) in [5.41, 5.74) is 0.300. The fourth-order valence-corrected chi connectivity index (χ4v) is 5.19. The van der Waals surface area contributed by atoms with Crippen LogP contribution in [0, 0.1) is 45.6 Å². The second-order valence-electron chi connectivity index (χ2n) is 7.77. The van der Waals surface area contributed by atoms with E-state index in [1.54, 1.807) is 0 Å². The summed E-state index contributed by atoms with van der Waals surface area (Å²) < 4.78 is 0. The summed E-state index contributed by atoms with van der Waals surface area (Å²) in [4.78, 5) is 49.2. The molecule has 1 saturated heterocycles. The number of allylic oxidation sites excluding steroid dienone is 2. The van der Waals surface area contributed by atoms with Crippen molar-refractivity contribution in [2.45, 2.75) is 6.42 Å². The van der Waals surface area contributed by atoms with Gasteiger partial charge < -0.3 is 5.32 Å². The number of imide groups is 1. The zero-order valence-electron chi connectivity index (χ0n) is 14.3. The van der Waals surface area contributed by atoms with Gasteiger partial charge in [-0.05, 0) is 42.2 Å². The molecule has 1 heterocycles. The van der Waals surface area contributed by atoms with Gasteiger partial charge in [-0.1, -0.05) is 12.2 Å². The average Bonchev–Trinajstić information content (AvgIpc) is 3.43. The van der Waals surface area contributed by atoms with Crippen LogP contribution >= 0.6 is 0 Å². The van der Waals surface area contributed by atoms with Gasteiger partial charge in [0.1, 0.15) is 6.54 Å². The van der Waals surface area contributed by atoms with E-state index < -0.39 is 10.8 Å². The summed E-state index contributed by atoms with van der Waals surface area (Å²) >= 11 is 0. The van der Waals surface area contributed by atoms with Gasteiger partial charge in [0.15, 0.2) is 0 Å². The number of anilines is 1. The number of likely N-dealkylation sites (tertiary alicyclic amines) is 1. The second-order valence-corrected chi connectivity index (χ2v) is 7.77. The maximum atomic E-state index is 12.8. The van der Waals surface area contributed by atoms with Gasteiger partial charge in [0, 0.05) is 17.8 Å². The third-order valence-corrected chi connectivity index (χ3v) is 6.42. The molecule has 5 aliphatic rings. The highest BCUT2D eigenvalue weighted by molar-refractivity contribution is 6.09. The molecule has 1 N–H and O–H groups in total. The van der Waals surface area contributed by atoms with Crippen LogP contribution in [0.3, 0.4) is 0 Å². The Morgan fingerprint density at radius 3 is 2.15 bits per heavy atom. The Balaban J connectivity index is 1.29. The van der Waals surface area contributed by atoms with Crippen LogP contribution in [-0.4, -0.2) is 34.1 Å². The molecule has 138 valence electrons. The molecule has 4 aliphatic carbocycles. The predicted molar refractivity (Wildman–Crippen MR) is 93.1 cm³/mol. The fourth-order valence-electron chi connectivity index (χ4n) is 5.19. The first kappa shape index (κ1) is 16.2. The highest BCUT2D eigenvalue weighted by Gasteiger charge is 2.67. The molecular weight excluding hydrogens is 350 g/mol. The molecule has 0 aromatic heterocycles. The lowest BCUT2D eigenvalue weighted by Crippen LogP contribution is -2.40. The third-order valence-electron chi connectivity index (χ3n) is 6.42. The van der Waals surface area contributed by atoms with Crippen molar-refractivity contribution in [1.82, 2.24) is 4.90 Å². The molecule has 1 aromatic carbocycles. The van der Waals surface area contributed by atoms with E-state index in [0.717, 1.165) is 11.3 Å². The van der Waals surface area contributed by atoms with Crippen LogP contribution in [0.1, 0.15) is 6.42 Å². The molecule has 0 spiro atoms. The van der Waals surface area contributed by atoms with E-state index in [9.17, 15) is 24.5 Å². The van der Waals surface area contributed by atoms with Gasteiger partial charge in [0.2, 0.25) is 17.7 Å².